The van der Waals surface area contributed by atoms with Crippen LogP contribution in [0, 0.1) is 11.8 Å². The largest absolute Gasteiger partial charge is 0.447 e. The Kier molecular flexibility index (Phi) is 7.98. The van der Waals surface area contributed by atoms with Gasteiger partial charge in [-0.15, -0.1) is 0 Å². The Hall–Kier alpha value is -3.79. The fraction of sp³-hybridized carbons (Fsp3) is 0.516. The minimum absolute atomic E-state index is 0.0354. The number of hydrogen-bond donors (Lipinski definition) is 2. The monoisotopic (exact) mass is 628 g/mol. The third-order valence-electron chi connectivity index (χ3n) is 8.09. The molecule has 2 amide bonds. The highest BCUT2D eigenvalue weighted by Gasteiger charge is 2.46. The van der Waals surface area contributed by atoms with E-state index in [0.717, 1.165) is 38.5 Å². The zero-order valence-electron chi connectivity index (χ0n) is 24.8. The first kappa shape index (κ1) is 30.2. The maximum absolute atomic E-state index is 13.7. The van der Waals surface area contributed by atoms with Gasteiger partial charge in [-0.3, -0.25) is 9.48 Å². The van der Waals surface area contributed by atoms with Gasteiger partial charge in [0.1, 0.15) is 10.6 Å². The van der Waals surface area contributed by atoms with Gasteiger partial charge in [0.2, 0.25) is 0 Å². The van der Waals surface area contributed by atoms with Crippen molar-refractivity contribution in [3.05, 3.63) is 47.9 Å². The summed E-state index contributed by atoms with van der Waals surface area (Å²) in [6.45, 7) is 5.49. The normalized spacial score (nSPS) is 21.6. The SMILES string of the molecule is CC(C)(C)OC(=O)N1[C@H]2CC[C@@H]1[C@H](Nc1cccn3c(SC(F)(F)F)c(C#CCNC(=O)c4cnn(C5CC5)c4)cc13)CC2. The molecule has 2 N–H and O–H groups in total. The standard InChI is InChI=1S/C31H35F3N6O3S/c1-30(2,3)43-29(42)40-22-10-12-24(25(40)13-11-22)37-23-7-5-15-38-26(23)16-19(28(38)44-31(32,33)34)6-4-14-35-27(41)20-17-36-39(18-20)21-8-9-21/h5,7,15-18,21-22,24-25,37H,8-14H2,1-3H3,(H,35,41)/t22-,24-,25-/m1/s1. The molecule has 1 aliphatic carbocycles. The van der Waals surface area contributed by atoms with Crippen molar-refractivity contribution in [1.82, 2.24) is 24.4 Å². The Morgan fingerprint density at radius 2 is 1.86 bits per heavy atom. The van der Waals surface area contributed by atoms with E-state index in [9.17, 15) is 22.8 Å². The van der Waals surface area contributed by atoms with Gasteiger partial charge in [-0.25, -0.2) is 4.79 Å². The number of rotatable bonds is 6. The van der Waals surface area contributed by atoms with E-state index in [2.05, 4.69) is 27.6 Å². The van der Waals surface area contributed by atoms with Crippen molar-refractivity contribution in [2.75, 3.05) is 11.9 Å². The Morgan fingerprint density at radius 3 is 2.59 bits per heavy atom. The number of anilines is 1. The summed E-state index contributed by atoms with van der Waals surface area (Å²) >= 11 is -0.223. The van der Waals surface area contributed by atoms with Gasteiger partial charge in [0.15, 0.2) is 0 Å². The van der Waals surface area contributed by atoms with E-state index in [1.54, 1.807) is 29.2 Å². The number of thioether (sulfide) groups is 1. The quantitative estimate of drug-likeness (QED) is 0.249. The number of amides is 2. The lowest BCUT2D eigenvalue weighted by Crippen LogP contribution is -2.54. The molecule has 0 spiro atoms. The summed E-state index contributed by atoms with van der Waals surface area (Å²) in [6.07, 6.45) is 9.89. The number of ether oxygens (including phenoxy) is 1. The van der Waals surface area contributed by atoms with Crippen LogP contribution in [0.2, 0.25) is 0 Å². The summed E-state index contributed by atoms with van der Waals surface area (Å²) in [7, 11) is 0. The highest BCUT2D eigenvalue weighted by Crippen LogP contribution is 2.42. The second kappa shape index (κ2) is 11.6. The van der Waals surface area contributed by atoms with Crippen LogP contribution in [-0.4, -0.2) is 66.9 Å². The van der Waals surface area contributed by atoms with Crippen molar-refractivity contribution in [1.29, 1.82) is 0 Å². The maximum atomic E-state index is 13.7. The predicted molar refractivity (Wildman–Crippen MR) is 161 cm³/mol. The van der Waals surface area contributed by atoms with Crippen LogP contribution in [0.5, 0.6) is 0 Å². The Morgan fingerprint density at radius 1 is 1.11 bits per heavy atom. The second-order valence-corrected chi connectivity index (χ2v) is 13.6. The molecule has 2 saturated heterocycles. The molecule has 1 saturated carbocycles. The molecule has 13 heteroatoms. The van der Waals surface area contributed by atoms with Crippen LogP contribution in [0.3, 0.4) is 0 Å². The van der Waals surface area contributed by atoms with Crippen molar-refractivity contribution >= 4 is 35.0 Å². The lowest BCUT2D eigenvalue weighted by Gasteiger charge is -2.41. The van der Waals surface area contributed by atoms with Crippen molar-refractivity contribution < 1.29 is 27.5 Å². The van der Waals surface area contributed by atoms with Crippen LogP contribution in [-0.2, 0) is 4.74 Å². The molecule has 2 bridgehead atoms. The predicted octanol–water partition coefficient (Wildman–Crippen LogP) is 6.21. The number of alkyl halides is 3. The molecule has 3 aromatic heterocycles. The number of aromatic nitrogens is 3. The van der Waals surface area contributed by atoms with Gasteiger partial charge < -0.3 is 24.7 Å². The number of carbonyl (C=O) groups is 2. The fourth-order valence-corrected chi connectivity index (χ4v) is 6.78. The van der Waals surface area contributed by atoms with Gasteiger partial charge in [-0.2, -0.15) is 18.3 Å². The molecule has 3 aliphatic rings. The van der Waals surface area contributed by atoms with E-state index < -0.39 is 11.1 Å². The minimum atomic E-state index is -4.53. The zero-order chi connectivity index (χ0) is 31.2. The van der Waals surface area contributed by atoms with Crippen molar-refractivity contribution in [3.8, 4) is 11.8 Å². The van der Waals surface area contributed by atoms with E-state index in [1.165, 1.54) is 10.6 Å². The topological polar surface area (TPSA) is 92.9 Å². The molecular formula is C31H35F3N6O3S. The summed E-state index contributed by atoms with van der Waals surface area (Å²) in [5.41, 5.74) is -3.31. The van der Waals surface area contributed by atoms with Gasteiger partial charge in [0.25, 0.3) is 5.91 Å². The number of halogens is 3. The van der Waals surface area contributed by atoms with Gasteiger partial charge in [-0.05, 0) is 77.5 Å². The molecule has 9 nitrogen and oxygen atoms in total. The van der Waals surface area contributed by atoms with Gasteiger partial charge in [0.05, 0.1) is 47.2 Å². The van der Waals surface area contributed by atoms with Crippen LogP contribution in [0.4, 0.5) is 23.7 Å². The fourth-order valence-electron chi connectivity index (χ4n) is 6.08. The lowest BCUT2D eigenvalue weighted by atomic mass is 9.97. The van der Waals surface area contributed by atoms with Crippen LogP contribution < -0.4 is 10.6 Å². The number of nitrogens with zero attached hydrogens (tertiary/aromatic N) is 4. The highest BCUT2D eigenvalue weighted by molar-refractivity contribution is 8.00. The molecule has 2 aliphatic heterocycles. The van der Waals surface area contributed by atoms with Crippen molar-refractivity contribution in [3.63, 3.8) is 0 Å². The average molecular weight is 629 g/mol. The third kappa shape index (κ3) is 6.65. The summed E-state index contributed by atoms with van der Waals surface area (Å²) in [5, 5.41) is 10.4. The molecule has 5 heterocycles. The number of nitrogens with one attached hydrogen (secondary N) is 2. The van der Waals surface area contributed by atoms with Crippen LogP contribution in [0.25, 0.3) is 5.52 Å². The first-order chi connectivity index (χ1) is 20.9. The van der Waals surface area contributed by atoms with E-state index in [4.69, 9.17) is 4.74 Å². The number of carbonyl (C=O) groups excluding carboxylic acids is 2. The third-order valence-corrected chi connectivity index (χ3v) is 8.93. The summed E-state index contributed by atoms with van der Waals surface area (Å²) in [5.74, 6) is 5.31. The van der Waals surface area contributed by atoms with Gasteiger partial charge in [0, 0.05) is 36.2 Å². The Bertz CT molecular complexity index is 1630. The molecule has 3 atom stereocenters. The van der Waals surface area contributed by atoms with Gasteiger partial charge >= 0.3 is 11.6 Å². The summed E-state index contributed by atoms with van der Waals surface area (Å²) in [4.78, 5) is 27.4. The summed E-state index contributed by atoms with van der Waals surface area (Å²) < 4.78 is 49.9. The second-order valence-electron chi connectivity index (χ2n) is 12.5. The zero-order valence-corrected chi connectivity index (χ0v) is 25.6. The molecule has 3 fully saturated rings. The number of fused-ring (bicyclic) bond motifs is 3. The van der Waals surface area contributed by atoms with E-state index >= 15 is 0 Å². The molecule has 234 valence electrons. The summed E-state index contributed by atoms with van der Waals surface area (Å²) in [6, 6.07) is 5.47. The first-order valence-corrected chi connectivity index (χ1v) is 15.7. The van der Waals surface area contributed by atoms with Crippen LogP contribution >= 0.6 is 11.8 Å². The Balaban J connectivity index is 1.21. The molecule has 0 aromatic carbocycles. The minimum Gasteiger partial charge on any atom is -0.444 e. The molecule has 44 heavy (non-hydrogen) atoms. The number of pyridine rings is 1. The lowest BCUT2D eigenvalue weighted by molar-refractivity contribution is -0.0330. The molecule has 0 unspecified atom stereocenters. The van der Waals surface area contributed by atoms with Gasteiger partial charge in [-0.1, -0.05) is 11.8 Å². The van der Waals surface area contributed by atoms with Crippen LogP contribution in [0.15, 0.2) is 41.8 Å². The van der Waals surface area contributed by atoms with E-state index in [-0.39, 0.29) is 59.0 Å². The number of piperidine rings is 1. The van der Waals surface area contributed by atoms with E-state index in [0.29, 0.717) is 22.8 Å². The average Bonchev–Trinajstić information content (AvgIpc) is 3.43. The molecule has 0 radical (unpaired) electrons. The molecule has 6 rings (SSSR count). The highest BCUT2D eigenvalue weighted by atomic mass is 32.2. The van der Waals surface area contributed by atoms with Crippen molar-refractivity contribution in [2.45, 2.75) is 99.6 Å². The first-order valence-electron chi connectivity index (χ1n) is 14.9. The van der Waals surface area contributed by atoms with Crippen molar-refractivity contribution in [2.24, 2.45) is 0 Å². The van der Waals surface area contributed by atoms with Crippen LogP contribution in [0.1, 0.15) is 81.3 Å². The van der Waals surface area contributed by atoms with E-state index in [1.807, 2.05) is 31.7 Å². The maximum Gasteiger partial charge on any atom is 0.447 e. The number of hydrogen-bond acceptors (Lipinski definition) is 6. The molecule has 3 aromatic rings. The molecular weight excluding hydrogens is 593 g/mol. The Labute approximate surface area is 257 Å². The smallest absolute Gasteiger partial charge is 0.444 e.